The third-order valence-electron chi connectivity index (χ3n) is 6.29. The van der Waals surface area contributed by atoms with Gasteiger partial charge in [-0.1, -0.05) is 48.5 Å². The van der Waals surface area contributed by atoms with Crippen LogP contribution >= 0.6 is 22.7 Å². The smallest absolute Gasteiger partial charge is 0.150 e. The summed E-state index contributed by atoms with van der Waals surface area (Å²) in [6, 6.07) is 30.5. The van der Waals surface area contributed by atoms with Crippen molar-refractivity contribution in [2.45, 2.75) is 6.10 Å². The molecule has 1 atom stereocenters. The number of rotatable bonds is 5. The molecule has 2 heterocycles. The van der Waals surface area contributed by atoms with E-state index in [9.17, 15) is 9.90 Å². The first kappa shape index (κ1) is 21.0. The first-order valence-electron chi connectivity index (χ1n) is 11.0. The Morgan fingerprint density at radius 2 is 1.32 bits per heavy atom. The lowest BCUT2D eigenvalue weighted by Gasteiger charge is -2.19. The van der Waals surface area contributed by atoms with Crippen molar-refractivity contribution >= 4 is 49.1 Å². The minimum absolute atomic E-state index is 0.500. The standard InChI is InChI=1S/C30H20O2S2/c31-18-25-5-2-6-26(21-8-10-28-23(17-21)12-14-34-28)29(25)30(32)24-4-1-3-19(16-24)20-7-9-27-22(15-20)11-13-33-27/h1-18,30,32H. The predicted molar refractivity (Wildman–Crippen MR) is 144 cm³/mol. The minimum Gasteiger partial charge on any atom is -0.384 e. The van der Waals surface area contributed by atoms with E-state index in [-0.39, 0.29) is 0 Å². The number of carbonyl (C=O) groups excluding carboxylic acids is 1. The van der Waals surface area contributed by atoms with Gasteiger partial charge in [-0.25, -0.2) is 0 Å². The van der Waals surface area contributed by atoms with Gasteiger partial charge in [0.05, 0.1) is 0 Å². The first-order chi connectivity index (χ1) is 16.7. The topological polar surface area (TPSA) is 37.3 Å². The van der Waals surface area contributed by atoms with E-state index in [0.29, 0.717) is 11.1 Å². The Bertz CT molecular complexity index is 1660. The number of hydrogen-bond acceptors (Lipinski definition) is 4. The molecule has 0 amide bonds. The number of benzene rings is 4. The monoisotopic (exact) mass is 476 g/mol. The molecule has 0 saturated heterocycles. The lowest BCUT2D eigenvalue weighted by atomic mass is 9.88. The Morgan fingerprint density at radius 1 is 0.676 bits per heavy atom. The van der Waals surface area contributed by atoms with Gasteiger partial charge in [-0.3, -0.25) is 4.79 Å². The molecule has 2 nitrogen and oxygen atoms in total. The predicted octanol–water partition coefficient (Wildman–Crippen LogP) is 8.34. The Balaban J connectivity index is 1.46. The average Bonchev–Trinajstić information content (AvgIpc) is 3.56. The summed E-state index contributed by atoms with van der Waals surface area (Å²) >= 11 is 3.43. The van der Waals surface area contributed by atoms with Crippen LogP contribution < -0.4 is 0 Å². The van der Waals surface area contributed by atoms with Crippen molar-refractivity contribution in [2.75, 3.05) is 0 Å². The number of aliphatic hydroxyl groups is 1. The van der Waals surface area contributed by atoms with Crippen LogP contribution in [0.2, 0.25) is 0 Å². The highest BCUT2D eigenvalue weighted by molar-refractivity contribution is 7.17. The molecule has 0 aliphatic carbocycles. The van der Waals surface area contributed by atoms with Gasteiger partial charge < -0.3 is 5.11 Å². The zero-order valence-electron chi connectivity index (χ0n) is 18.1. The van der Waals surface area contributed by atoms with Gasteiger partial charge in [-0.05, 0) is 91.8 Å². The molecule has 1 N–H and O–H groups in total. The van der Waals surface area contributed by atoms with Gasteiger partial charge in [0.2, 0.25) is 0 Å². The Hall–Kier alpha value is -3.57. The molecular weight excluding hydrogens is 456 g/mol. The highest BCUT2D eigenvalue weighted by Crippen LogP contribution is 2.37. The molecular formula is C30H20O2S2. The van der Waals surface area contributed by atoms with E-state index >= 15 is 0 Å². The van der Waals surface area contributed by atoms with Crippen LogP contribution in [-0.4, -0.2) is 11.4 Å². The molecule has 0 radical (unpaired) electrons. The SMILES string of the molecule is O=Cc1cccc(-c2ccc3sccc3c2)c1C(O)c1cccc(-c2ccc3sccc3c2)c1. The van der Waals surface area contributed by atoms with Crippen LogP contribution in [0.25, 0.3) is 42.4 Å². The molecule has 0 saturated carbocycles. The molecule has 4 aromatic carbocycles. The maximum Gasteiger partial charge on any atom is 0.150 e. The number of aliphatic hydroxyl groups excluding tert-OH is 1. The lowest BCUT2D eigenvalue weighted by Crippen LogP contribution is -2.06. The number of aldehydes is 1. The summed E-state index contributed by atoms with van der Waals surface area (Å²) in [5.41, 5.74) is 5.90. The second-order valence-corrected chi connectivity index (χ2v) is 10.2. The van der Waals surface area contributed by atoms with Crippen LogP contribution in [0.3, 0.4) is 0 Å². The Kier molecular flexibility index (Phi) is 5.34. The Morgan fingerprint density at radius 3 is 2.06 bits per heavy atom. The summed E-state index contributed by atoms with van der Waals surface area (Å²) in [6.07, 6.45) is -0.0982. The van der Waals surface area contributed by atoms with Gasteiger partial charge in [-0.15, -0.1) is 22.7 Å². The van der Waals surface area contributed by atoms with Crippen LogP contribution in [0.15, 0.2) is 102 Å². The number of fused-ring (bicyclic) bond motifs is 2. The van der Waals surface area contributed by atoms with Gasteiger partial charge in [-0.2, -0.15) is 0 Å². The number of hydrogen-bond donors (Lipinski definition) is 1. The van der Waals surface area contributed by atoms with Crippen LogP contribution in [-0.2, 0) is 0 Å². The quantitative estimate of drug-likeness (QED) is 0.254. The molecule has 6 aromatic rings. The molecule has 1 unspecified atom stereocenters. The number of thiophene rings is 2. The van der Waals surface area contributed by atoms with Crippen molar-refractivity contribution in [1.82, 2.24) is 0 Å². The fourth-order valence-corrected chi connectivity index (χ4v) is 6.12. The zero-order valence-corrected chi connectivity index (χ0v) is 19.8. The van der Waals surface area contributed by atoms with Gasteiger partial charge in [0.1, 0.15) is 12.4 Å². The van der Waals surface area contributed by atoms with E-state index in [1.807, 2.05) is 30.3 Å². The van der Waals surface area contributed by atoms with E-state index in [1.165, 1.54) is 14.8 Å². The van der Waals surface area contributed by atoms with Gasteiger partial charge in [0, 0.05) is 20.5 Å². The molecule has 164 valence electrons. The van der Waals surface area contributed by atoms with Crippen molar-refractivity contribution < 1.29 is 9.90 Å². The molecule has 0 fully saturated rings. The highest BCUT2D eigenvalue weighted by Gasteiger charge is 2.20. The van der Waals surface area contributed by atoms with Crippen molar-refractivity contribution in [2.24, 2.45) is 0 Å². The van der Waals surface area contributed by atoms with Crippen molar-refractivity contribution in [1.29, 1.82) is 0 Å². The first-order valence-corrected chi connectivity index (χ1v) is 12.8. The third kappa shape index (κ3) is 3.66. The van der Waals surface area contributed by atoms with E-state index in [0.717, 1.165) is 39.5 Å². The van der Waals surface area contributed by atoms with E-state index in [4.69, 9.17) is 0 Å². The average molecular weight is 477 g/mol. The molecule has 0 bridgehead atoms. The maximum absolute atomic E-state index is 12.0. The molecule has 2 aromatic heterocycles. The van der Waals surface area contributed by atoms with Gasteiger partial charge >= 0.3 is 0 Å². The summed E-state index contributed by atoms with van der Waals surface area (Å²) < 4.78 is 2.47. The minimum atomic E-state index is -0.931. The molecule has 4 heteroatoms. The number of carbonyl (C=O) groups is 1. The van der Waals surface area contributed by atoms with Crippen LogP contribution in [0.1, 0.15) is 27.6 Å². The molecule has 0 spiro atoms. The molecule has 6 rings (SSSR count). The largest absolute Gasteiger partial charge is 0.384 e. The lowest BCUT2D eigenvalue weighted by molar-refractivity contribution is 0.111. The summed E-state index contributed by atoms with van der Waals surface area (Å²) in [5.74, 6) is 0. The second kappa shape index (κ2) is 8.65. The van der Waals surface area contributed by atoms with Gasteiger partial charge in [0.15, 0.2) is 0 Å². The summed E-state index contributed by atoms with van der Waals surface area (Å²) in [7, 11) is 0. The van der Waals surface area contributed by atoms with Crippen LogP contribution in [0, 0.1) is 0 Å². The molecule has 0 aliphatic heterocycles. The van der Waals surface area contributed by atoms with Crippen LogP contribution in [0.5, 0.6) is 0 Å². The molecule has 0 aliphatic rings. The normalized spacial score (nSPS) is 12.3. The van der Waals surface area contributed by atoms with Crippen molar-refractivity contribution in [3.05, 3.63) is 118 Å². The zero-order chi connectivity index (χ0) is 23.1. The summed E-state index contributed by atoms with van der Waals surface area (Å²) in [6.45, 7) is 0. The second-order valence-electron chi connectivity index (χ2n) is 8.30. The van der Waals surface area contributed by atoms with E-state index < -0.39 is 6.10 Å². The van der Waals surface area contributed by atoms with Crippen molar-refractivity contribution in [3.63, 3.8) is 0 Å². The summed E-state index contributed by atoms with van der Waals surface area (Å²) in [4.78, 5) is 12.0. The Labute approximate surface area is 205 Å². The highest BCUT2D eigenvalue weighted by atomic mass is 32.1. The fourth-order valence-electron chi connectivity index (χ4n) is 4.58. The van der Waals surface area contributed by atoms with Crippen molar-refractivity contribution in [3.8, 4) is 22.3 Å². The third-order valence-corrected chi connectivity index (χ3v) is 8.09. The van der Waals surface area contributed by atoms with E-state index in [2.05, 4.69) is 65.4 Å². The fraction of sp³-hybridized carbons (Fsp3) is 0.0333. The maximum atomic E-state index is 12.0. The molecule has 34 heavy (non-hydrogen) atoms. The van der Waals surface area contributed by atoms with Gasteiger partial charge in [0.25, 0.3) is 0 Å². The van der Waals surface area contributed by atoms with E-state index in [1.54, 1.807) is 28.7 Å². The van der Waals surface area contributed by atoms with Crippen LogP contribution in [0.4, 0.5) is 0 Å². The summed E-state index contributed by atoms with van der Waals surface area (Å²) in [5, 5.41) is 18.1.